The Morgan fingerprint density at radius 1 is 0.680 bits per heavy atom. The quantitative estimate of drug-likeness (QED) is 0.392. The summed E-state index contributed by atoms with van der Waals surface area (Å²) in [5.41, 5.74) is 3.87. The predicted octanol–water partition coefficient (Wildman–Crippen LogP) is 6.93. The average Bonchev–Trinajstić information content (AvgIpc) is 3.32. The molecule has 0 atom stereocenters. The highest BCUT2D eigenvalue weighted by Crippen LogP contribution is 2.40. The van der Waals surface area contributed by atoms with Crippen molar-refractivity contribution in [3.8, 4) is 20.9 Å². The van der Waals surface area contributed by atoms with E-state index in [2.05, 4.69) is 74.4 Å². The van der Waals surface area contributed by atoms with Gasteiger partial charge < -0.3 is 0 Å². The van der Waals surface area contributed by atoms with Gasteiger partial charge in [-0.1, -0.05) is 39.8 Å². The molecule has 0 saturated heterocycles. The molecule has 0 radical (unpaired) electrons. The third-order valence-corrected chi connectivity index (χ3v) is 7.18. The van der Waals surface area contributed by atoms with Crippen molar-refractivity contribution in [2.45, 2.75) is 39.5 Å². The van der Waals surface area contributed by atoms with Crippen LogP contribution in [-0.4, -0.2) is 10.3 Å². The molecule has 1 aromatic carbocycles. The van der Waals surface area contributed by atoms with Gasteiger partial charge in [0.2, 0.25) is 0 Å². The Bertz CT molecular complexity index is 943. The summed E-state index contributed by atoms with van der Waals surface area (Å²) in [7, 11) is 0. The Morgan fingerprint density at radius 3 is 1.48 bits per heavy atom. The first kappa shape index (κ1) is 16.5. The second-order valence-electron chi connectivity index (χ2n) is 6.84. The average molecular weight is 369 g/mol. The summed E-state index contributed by atoms with van der Waals surface area (Å²) >= 11 is 3.63. The van der Waals surface area contributed by atoms with Crippen LogP contribution in [0.25, 0.3) is 31.9 Å². The summed E-state index contributed by atoms with van der Waals surface area (Å²) < 4.78 is 5.11. The molecular weight excluding hydrogens is 348 g/mol. The number of thiophene rings is 2. The first-order chi connectivity index (χ1) is 12.0. The number of fused-ring (bicyclic) bond motifs is 1. The highest BCUT2D eigenvalue weighted by molar-refractivity contribution is 7.16. The fourth-order valence-electron chi connectivity index (χ4n) is 2.88. The summed E-state index contributed by atoms with van der Waals surface area (Å²) in [5.74, 6) is 1.06. The van der Waals surface area contributed by atoms with Gasteiger partial charge in [0.25, 0.3) is 0 Å². The molecule has 3 nitrogen and oxygen atoms in total. The van der Waals surface area contributed by atoms with Crippen molar-refractivity contribution in [1.29, 1.82) is 0 Å². The summed E-state index contributed by atoms with van der Waals surface area (Å²) in [6.07, 6.45) is 0. The van der Waals surface area contributed by atoms with Crippen molar-refractivity contribution in [3.63, 3.8) is 0 Å². The van der Waals surface area contributed by atoms with Crippen molar-refractivity contribution < 1.29 is 4.63 Å². The first-order valence-corrected chi connectivity index (χ1v) is 10.1. The van der Waals surface area contributed by atoms with E-state index in [-0.39, 0.29) is 0 Å². The van der Waals surface area contributed by atoms with Gasteiger partial charge in [-0.3, -0.25) is 0 Å². The smallest absolute Gasteiger partial charge is 0.144 e. The van der Waals surface area contributed by atoms with Gasteiger partial charge in [0.1, 0.15) is 11.0 Å². The predicted molar refractivity (Wildman–Crippen MR) is 107 cm³/mol. The van der Waals surface area contributed by atoms with E-state index in [1.807, 2.05) is 22.7 Å². The van der Waals surface area contributed by atoms with E-state index in [0.29, 0.717) is 11.8 Å². The summed E-state index contributed by atoms with van der Waals surface area (Å²) in [6.45, 7) is 8.87. The van der Waals surface area contributed by atoms with Gasteiger partial charge in [0.05, 0.1) is 0 Å². The number of nitrogens with zero attached hydrogens (tertiary/aromatic N) is 2. The highest BCUT2D eigenvalue weighted by Gasteiger charge is 2.17. The number of hydrogen-bond donors (Lipinski definition) is 0. The lowest BCUT2D eigenvalue weighted by Gasteiger charge is -2.03. The first-order valence-electron chi connectivity index (χ1n) is 8.50. The van der Waals surface area contributed by atoms with Crippen LogP contribution in [0.2, 0.25) is 0 Å². The fourth-order valence-corrected chi connectivity index (χ4v) is 4.95. The number of aromatic nitrogens is 2. The van der Waals surface area contributed by atoms with Crippen molar-refractivity contribution in [1.82, 2.24) is 10.3 Å². The molecule has 0 fully saturated rings. The summed E-state index contributed by atoms with van der Waals surface area (Å²) in [6, 6.07) is 13.0. The largest absolute Gasteiger partial charge is 0.243 e. The van der Waals surface area contributed by atoms with Crippen molar-refractivity contribution in [2.24, 2.45) is 0 Å². The molecule has 4 aromatic rings. The normalized spacial score (nSPS) is 11.9. The van der Waals surface area contributed by atoms with Crippen LogP contribution in [0, 0.1) is 0 Å². The molecular formula is C20H20N2OS2. The standard InChI is InChI=1S/C20H20N2OS2/c1-11(2)15-7-9-17(24-15)13-5-6-14(20-19(13)21-23-22-20)18-10-8-16(25-18)12(3)4/h5-12H,1-4H3. The highest BCUT2D eigenvalue weighted by atomic mass is 32.1. The Morgan fingerprint density at radius 2 is 1.12 bits per heavy atom. The molecule has 0 aliphatic carbocycles. The fraction of sp³-hybridized carbons (Fsp3) is 0.300. The van der Waals surface area contributed by atoms with E-state index in [4.69, 9.17) is 4.63 Å². The lowest BCUT2D eigenvalue weighted by Crippen LogP contribution is -1.82. The molecule has 0 spiro atoms. The van der Waals surface area contributed by atoms with Gasteiger partial charge >= 0.3 is 0 Å². The lowest BCUT2D eigenvalue weighted by molar-refractivity contribution is 0.315. The number of hydrogen-bond acceptors (Lipinski definition) is 5. The van der Waals surface area contributed by atoms with Crippen LogP contribution in [0.3, 0.4) is 0 Å². The SMILES string of the molecule is CC(C)c1ccc(-c2ccc(-c3ccc(C(C)C)s3)c3nonc23)s1. The van der Waals surface area contributed by atoms with E-state index in [0.717, 1.165) is 22.2 Å². The molecule has 3 aromatic heterocycles. The minimum Gasteiger partial charge on any atom is -0.243 e. The topological polar surface area (TPSA) is 38.9 Å². The molecule has 3 heterocycles. The minimum atomic E-state index is 0.532. The van der Waals surface area contributed by atoms with Crippen molar-refractivity contribution in [3.05, 3.63) is 46.2 Å². The van der Waals surface area contributed by atoms with Gasteiger partial charge in [0, 0.05) is 30.6 Å². The van der Waals surface area contributed by atoms with Gasteiger partial charge in [0.15, 0.2) is 0 Å². The second-order valence-corrected chi connectivity index (χ2v) is 9.07. The Hall–Kier alpha value is -1.98. The molecule has 0 amide bonds. The van der Waals surface area contributed by atoms with E-state index in [9.17, 15) is 0 Å². The maximum absolute atomic E-state index is 5.11. The molecule has 128 valence electrons. The molecule has 0 aliphatic heterocycles. The summed E-state index contributed by atoms with van der Waals surface area (Å²) in [5, 5.41) is 8.40. The van der Waals surface area contributed by atoms with Crippen LogP contribution >= 0.6 is 22.7 Å². The molecule has 0 unspecified atom stereocenters. The third-order valence-electron chi connectivity index (χ3n) is 4.34. The molecule has 0 saturated carbocycles. The van der Waals surface area contributed by atoms with Gasteiger partial charge in [-0.15, -0.1) is 22.7 Å². The maximum Gasteiger partial charge on any atom is 0.144 e. The number of benzene rings is 1. The molecule has 5 heteroatoms. The van der Waals surface area contributed by atoms with Crippen LogP contribution < -0.4 is 0 Å². The minimum absolute atomic E-state index is 0.532. The van der Waals surface area contributed by atoms with E-state index in [1.54, 1.807) is 0 Å². The Balaban J connectivity index is 1.83. The maximum atomic E-state index is 5.11. The van der Waals surface area contributed by atoms with Crippen molar-refractivity contribution in [2.75, 3.05) is 0 Å². The molecule has 4 rings (SSSR count). The van der Waals surface area contributed by atoms with Crippen LogP contribution in [0.15, 0.2) is 41.0 Å². The Kier molecular flexibility index (Phi) is 4.21. The van der Waals surface area contributed by atoms with E-state index >= 15 is 0 Å². The zero-order valence-corrected chi connectivity index (χ0v) is 16.4. The molecule has 0 aliphatic rings. The van der Waals surface area contributed by atoms with Crippen LogP contribution in [0.5, 0.6) is 0 Å². The van der Waals surface area contributed by atoms with E-state index in [1.165, 1.54) is 19.5 Å². The second kappa shape index (κ2) is 6.39. The number of rotatable bonds is 4. The Labute approximate surface area is 155 Å². The zero-order valence-electron chi connectivity index (χ0n) is 14.7. The van der Waals surface area contributed by atoms with Crippen molar-refractivity contribution >= 4 is 33.7 Å². The molecule has 0 bridgehead atoms. The van der Waals surface area contributed by atoms with E-state index < -0.39 is 0 Å². The monoisotopic (exact) mass is 368 g/mol. The van der Waals surface area contributed by atoms with Gasteiger partial charge in [-0.05, 0) is 46.4 Å². The lowest BCUT2D eigenvalue weighted by atomic mass is 10.1. The molecule has 0 N–H and O–H groups in total. The van der Waals surface area contributed by atoms with Gasteiger partial charge in [-0.2, -0.15) is 0 Å². The van der Waals surface area contributed by atoms with Crippen LogP contribution in [-0.2, 0) is 0 Å². The van der Waals surface area contributed by atoms with Crippen LogP contribution in [0.4, 0.5) is 0 Å². The molecule has 25 heavy (non-hydrogen) atoms. The third kappa shape index (κ3) is 2.92. The summed E-state index contributed by atoms with van der Waals surface area (Å²) in [4.78, 5) is 5.18. The zero-order chi connectivity index (χ0) is 17.6. The van der Waals surface area contributed by atoms with Gasteiger partial charge in [-0.25, -0.2) is 4.63 Å². The van der Waals surface area contributed by atoms with Crippen LogP contribution in [0.1, 0.15) is 49.3 Å².